The molecule has 11 atom stereocenters. The number of halogens is 6. The highest BCUT2D eigenvalue weighted by Gasteiger charge is 2.57. The molecule has 87 heavy (non-hydrogen) atoms. The van der Waals surface area contributed by atoms with Gasteiger partial charge in [0.15, 0.2) is 11.5 Å². The number of imide groups is 1. The molecule has 0 spiro atoms. The minimum atomic E-state index is -5.15. The predicted molar refractivity (Wildman–Crippen MR) is 286 cm³/mol. The summed E-state index contributed by atoms with van der Waals surface area (Å²) in [7, 11) is 0. The van der Waals surface area contributed by atoms with Crippen molar-refractivity contribution in [2.45, 2.75) is 111 Å². The van der Waals surface area contributed by atoms with Gasteiger partial charge in [-0.3, -0.25) is 28.9 Å². The molecule has 492 valence electrons. The number of fused-ring (bicyclic) bond motifs is 2. The predicted octanol–water partition coefficient (Wildman–Crippen LogP) is -1.60. The van der Waals surface area contributed by atoms with Gasteiger partial charge in [0, 0.05) is 45.7 Å². The van der Waals surface area contributed by atoms with Crippen molar-refractivity contribution in [3.8, 4) is 11.5 Å². The van der Waals surface area contributed by atoms with E-state index in [1.807, 2.05) is 0 Å². The molecule has 5 aliphatic rings. The lowest BCUT2D eigenvalue weighted by atomic mass is 9.93. The fraction of sp³-hybridized carbons (Fsp3) is 0.750. The van der Waals surface area contributed by atoms with Crippen LogP contribution in [0.4, 0.5) is 35.9 Å². The summed E-state index contributed by atoms with van der Waals surface area (Å²) in [5, 5.41) is 51.4. The summed E-state index contributed by atoms with van der Waals surface area (Å²) in [6.45, 7) is 2.69. The average Bonchev–Trinajstić information content (AvgIpc) is 1.95. The topological polar surface area (TPSA) is 351 Å². The van der Waals surface area contributed by atoms with Crippen LogP contribution < -0.4 is 30.7 Å². The zero-order valence-electron chi connectivity index (χ0n) is 47.5. The Kier molecular flexibility index (Phi) is 28.0. The highest BCUT2D eigenvalue weighted by molar-refractivity contribution is 8.01. The molecule has 28 nitrogen and oxygen atoms in total. The van der Waals surface area contributed by atoms with Crippen LogP contribution in [0.5, 0.6) is 11.5 Å². The van der Waals surface area contributed by atoms with Crippen molar-refractivity contribution >= 4 is 53.2 Å². The summed E-state index contributed by atoms with van der Waals surface area (Å²) >= 11 is 1.13. The van der Waals surface area contributed by atoms with Crippen LogP contribution in [0.1, 0.15) is 31.7 Å². The maximum Gasteiger partial charge on any atom is 0.471 e. The maximum absolute atomic E-state index is 13.1. The van der Waals surface area contributed by atoms with Gasteiger partial charge in [0.2, 0.25) is 11.8 Å². The molecule has 8 amide bonds. The van der Waals surface area contributed by atoms with Crippen LogP contribution in [0.3, 0.4) is 0 Å². The fourth-order valence-corrected chi connectivity index (χ4v) is 11.0. The Morgan fingerprint density at radius 3 is 1.43 bits per heavy atom. The van der Waals surface area contributed by atoms with Gasteiger partial charge in [0.05, 0.1) is 121 Å². The number of hydrogen-bond acceptors (Lipinski definition) is 22. The molecule has 0 aliphatic carbocycles. The maximum atomic E-state index is 13.1. The molecule has 5 heterocycles. The molecular weight excluding hydrogens is 1200 g/mol. The molecule has 1 aromatic rings. The Morgan fingerprint density at radius 2 is 1.00 bits per heavy atom. The first-order valence-corrected chi connectivity index (χ1v) is 29.1. The van der Waals surface area contributed by atoms with Gasteiger partial charge < -0.3 is 98.9 Å². The summed E-state index contributed by atoms with van der Waals surface area (Å²) < 4.78 is 135. The Bertz CT molecular complexity index is 2430. The van der Waals surface area contributed by atoms with Crippen LogP contribution in [0.15, 0.2) is 18.2 Å². The van der Waals surface area contributed by atoms with E-state index >= 15 is 0 Å². The Morgan fingerprint density at radius 1 is 0.586 bits per heavy atom. The van der Waals surface area contributed by atoms with Crippen LogP contribution in [0.2, 0.25) is 0 Å². The molecular formula is C52H75F6N7O21S. The number of hydrogen-bond donors (Lipinski definition) is 8. The van der Waals surface area contributed by atoms with E-state index in [4.69, 9.17) is 47.4 Å². The van der Waals surface area contributed by atoms with Crippen molar-refractivity contribution < 1.29 is 128 Å². The molecule has 5 fully saturated rings. The van der Waals surface area contributed by atoms with Crippen molar-refractivity contribution in [1.82, 2.24) is 36.0 Å². The van der Waals surface area contributed by atoms with E-state index in [0.717, 1.165) is 16.7 Å². The van der Waals surface area contributed by atoms with E-state index in [1.165, 1.54) is 6.92 Å². The Hall–Kier alpha value is -5.44. The van der Waals surface area contributed by atoms with Crippen LogP contribution in [-0.4, -0.2) is 293 Å². The monoisotopic (exact) mass is 1280 g/mol. The number of carbonyl (C=O) groups excluding carboxylic acids is 7. The SMILES string of the molecule is CC(=O)CSC1CC(=O)N(Cc2ccc(OCCOCCOCCOCCNC(=O)NCC3O[C@H]4CCN(C(=O)C(F)(F)F)[C@H]4[C@@H](O)[C@H]3O)c(OCCOCCOCCOCCNC(=O)NC[C@H]3O[C@H]4CCN(C(=O)C(F)(F)F)[C@H]4[C@@H](O)[C@H]3O)c2)C1=O. The van der Waals surface area contributed by atoms with Crippen LogP contribution >= 0.6 is 11.8 Å². The summed E-state index contributed by atoms with van der Waals surface area (Å²) in [6, 6.07) is 0.899. The second-order valence-corrected chi connectivity index (χ2v) is 21.6. The van der Waals surface area contributed by atoms with Gasteiger partial charge in [-0.05, 0) is 37.5 Å². The second kappa shape index (κ2) is 34.5. The third kappa shape index (κ3) is 21.4. The van der Waals surface area contributed by atoms with Crippen LogP contribution in [-0.2, 0) is 68.4 Å². The standard InChI is InChI=1S/C52H75F6N7O21S/c1-30(66)29-87-38-25-39(67)65(46(38)72)28-31-2-3-32(83-22-20-81-18-16-79-14-12-77-10-6-59-49(75)61-26-36-42(68)44(70)40-33(85-36)4-8-63(40)47(73)51(53,54)55)35(24-31)84-23-21-82-19-17-80-15-13-78-11-7-60-50(76)62-27-37-43(69)45(71)41-34(86-37)5-9-64(41)48(74)52(56,57)58/h2-3,24,33-34,36-38,40-45,68-71H,4-23,25-29H2,1H3,(H2,59,61,75)(H2,60,62,76)/t33-,34-,36?,37+,38?,40+,41+,42-,43-,44+,45+/m0/s1. The molecule has 6 rings (SSSR count). The number of aliphatic hydroxyl groups is 4. The lowest BCUT2D eigenvalue weighted by Gasteiger charge is -2.42. The van der Waals surface area contributed by atoms with Crippen molar-refractivity contribution in [3.63, 3.8) is 0 Å². The quantitative estimate of drug-likeness (QED) is 0.0215. The van der Waals surface area contributed by atoms with Gasteiger partial charge in [0.25, 0.3) is 0 Å². The number of likely N-dealkylation sites (tertiary alicyclic amines) is 3. The highest BCUT2D eigenvalue weighted by Crippen LogP contribution is 2.37. The first kappa shape index (κ1) is 70.6. The van der Waals surface area contributed by atoms with Crippen LogP contribution in [0, 0.1) is 0 Å². The number of Topliss-reactive ketones (excluding diaryl/α,β-unsaturated/α-hetero) is 1. The van der Waals surface area contributed by atoms with Crippen molar-refractivity contribution in [1.29, 1.82) is 0 Å². The zero-order valence-corrected chi connectivity index (χ0v) is 48.3. The molecule has 0 bridgehead atoms. The number of amides is 8. The van der Waals surface area contributed by atoms with E-state index < -0.39 is 102 Å². The molecule has 5 saturated heterocycles. The normalized spacial score (nSPS) is 25.5. The van der Waals surface area contributed by atoms with E-state index in [-0.39, 0.29) is 181 Å². The molecule has 35 heteroatoms. The largest absolute Gasteiger partial charge is 0.487 e. The second-order valence-electron chi connectivity index (χ2n) is 20.4. The Balaban J connectivity index is 0.792. The fourth-order valence-electron chi connectivity index (χ4n) is 9.99. The number of carbonyl (C=O) groups is 7. The van der Waals surface area contributed by atoms with E-state index in [0.29, 0.717) is 26.9 Å². The van der Waals surface area contributed by atoms with Crippen LogP contribution in [0.25, 0.3) is 0 Å². The average molecular weight is 1280 g/mol. The smallest absolute Gasteiger partial charge is 0.471 e. The lowest BCUT2D eigenvalue weighted by Crippen LogP contribution is -2.63. The summed E-state index contributed by atoms with van der Waals surface area (Å²) in [5.74, 6) is -4.37. The summed E-state index contributed by atoms with van der Waals surface area (Å²) in [5.41, 5.74) is 0.578. The number of ether oxygens (including phenoxy) is 10. The van der Waals surface area contributed by atoms with Gasteiger partial charge in [0.1, 0.15) is 55.6 Å². The van der Waals surface area contributed by atoms with E-state index in [2.05, 4.69) is 21.3 Å². The number of ketones is 1. The summed E-state index contributed by atoms with van der Waals surface area (Å²) in [4.78, 5) is 87.6. The minimum Gasteiger partial charge on any atom is -0.487 e. The third-order valence-corrected chi connectivity index (χ3v) is 15.5. The van der Waals surface area contributed by atoms with E-state index in [9.17, 15) is 80.3 Å². The number of nitrogens with one attached hydrogen (secondary N) is 4. The number of rotatable bonds is 35. The Labute approximate surface area is 499 Å². The van der Waals surface area contributed by atoms with Gasteiger partial charge in [-0.25, -0.2) is 9.59 Å². The first-order valence-electron chi connectivity index (χ1n) is 28.1. The number of nitrogens with zero attached hydrogens (tertiary/aromatic N) is 3. The number of alkyl halides is 6. The van der Waals surface area contributed by atoms with Gasteiger partial charge in [-0.1, -0.05) is 6.07 Å². The third-order valence-electron chi connectivity index (χ3n) is 14.1. The number of urea groups is 2. The first-order chi connectivity index (χ1) is 41.5. The molecule has 0 aromatic heterocycles. The molecule has 5 aliphatic heterocycles. The molecule has 0 radical (unpaired) electrons. The van der Waals surface area contributed by atoms with Crippen molar-refractivity contribution in [3.05, 3.63) is 23.8 Å². The van der Waals surface area contributed by atoms with Crippen molar-refractivity contribution in [2.75, 3.05) is 138 Å². The molecule has 0 saturated carbocycles. The highest BCUT2D eigenvalue weighted by atomic mass is 32.2. The number of aliphatic hydroxyl groups excluding tert-OH is 4. The van der Waals surface area contributed by atoms with E-state index in [1.54, 1.807) is 18.2 Å². The van der Waals surface area contributed by atoms with Gasteiger partial charge in [-0.2, -0.15) is 26.3 Å². The number of thioether (sulfide) groups is 1. The molecule has 1 aromatic carbocycles. The summed E-state index contributed by atoms with van der Waals surface area (Å²) in [6.07, 6.45) is -21.3. The van der Waals surface area contributed by atoms with Gasteiger partial charge in [-0.15, -0.1) is 11.8 Å². The lowest BCUT2D eigenvalue weighted by molar-refractivity contribution is -0.207. The zero-order chi connectivity index (χ0) is 63.3. The van der Waals surface area contributed by atoms with Gasteiger partial charge >= 0.3 is 36.2 Å². The molecule has 2 unspecified atom stereocenters. The number of benzene rings is 1. The molecule has 8 N–H and O–H groups in total. The van der Waals surface area contributed by atoms with Crippen molar-refractivity contribution in [2.24, 2.45) is 0 Å². The minimum absolute atomic E-state index is 0.00964.